The van der Waals surface area contributed by atoms with E-state index in [4.69, 9.17) is 14.2 Å². The van der Waals surface area contributed by atoms with E-state index >= 15 is 0 Å². The van der Waals surface area contributed by atoms with E-state index in [-0.39, 0.29) is 31.6 Å². The molecule has 6 heteroatoms. The Morgan fingerprint density at radius 2 is 0.562 bits per heavy atom. The molecule has 0 amide bonds. The predicted molar refractivity (Wildman–Crippen MR) is 316 cm³/mol. The molecule has 0 radical (unpaired) electrons. The van der Waals surface area contributed by atoms with Crippen molar-refractivity contribution < 1.29 is 28.6 Å². The van der Waals surface area contributed by atoms with Gasteiger partial charge >= 0.3 is 17.9 Å². The molecule has 1 unspecified atom stereocenters. The van der Waals surface area contributed by atoms with Crippen LogP contribution in [0.2, 0.25) is 0 Å². The number of ether oxygens (including phenoxy) is 3. The number of carbonyl (C=O) groups excluding carboxylic acids is 3. The summed E-state index contributed by atoms with van der Waals surface area (Å²) >= 11 is 0. The second-order valence-electron chi connectivity index (χ2n) is 19.1. The number of allylic oxidation sites excluding steroid dienone is 22. The molecule has 0 aliphatic heterocycles. The Bertz CT molecular complexity index is 1580. The molecule has 0 fully saturated rings. The average Bonchev–Trinajstić information content (AvgIpc) is 3.39. The maximum Gasteiger partial charge on any atom is 0.306 e. The van der Waals surface area contributed by atoms with Crippen LogP contribution in [0.1, 0.15) is 252 Å². The van der Waals surface area contributed by atoms with Gasteiger partial charge in [0.15, 0.2) is 6.10 Å². The van der Waals surface area contributed by atoms with Gasteiger partial charge in [-0.05, 0) is 122 Å². The van der Waals surface area contributed by atoms with Crippen LogP contribution in [0.3, 0.4) is 0 Å². The van der Waals surface area contributed by atoms with E-state index in [1.807, 2.05) is 12.2 Å². The highest BCUT2D eigenvalue weighted by atomic mass is 16.6. The second kappa shape index (κ2) is 60.1. The van der Waals surface area contributed by atoms with Crippen LogP contribution in [-0.4, -0.2) is 37.2 Å². The molecule has 0 saturated heterocycles. The van der Waals surface area contributed by atoms with Gasteiger partial charge in [0.2, 0.25) is 0 Å². The first-order valence-corrected chi connectivity index (χ1v) is 29.7. The smallest absolute Gasteiger partial charge is 0.306 e. The molecule has 0 bridgehead atoms. The lowest BCUT2D eigenvalue weighted by Crippen LogP contribution is -2.30. The number of carbonyl (C=O) groups is 3. The Morgan fingerprint density at radius 1 is 0.288 bits per heavy atom. The molecule has 0 aliphatic carbocycles. The van der Waals surface area contributed by atoms with Crippen LogP contribution in [-0.2, 0) is 28.6 Å². The van der Waals surface area contributed by atoms with E-state index in [0.717, 1.165) is 116 Å². The molecule has 412 valence electrons. The molecule has 0 rings (SSSR count). The number of hydrogen-bond donors (Lipinski definition) is 0. The zero-order valence-corrected chi connectivity index (χ0v) is 47.1. The summed E-state index contributed by atoms with van der Waals surface area (Å²) in [7, 11) is 0. The maximum atomic E-state index is 12.8. The third-order valence-electron chi connectivity index (χ3n) is 12.1. The Hall–Kier alpha value is -4.45. The van der Waals surface area contributed by atoms with Gasteiger partial charge in [-0.25, -0.2) is 0 Å². The van der Waals surface area contributed by atoms with Crippen molar-refractivity contribution in [3.63, 3.8) is 0 Å². The third-order valence-corrected chi connectivity index (χ3v) is 12.1. The summed E-state index contributed by atoms with van der Waals surface area (Å²) in [6, 6.07) is 0. The fourth-order valence-electron chi connectivity index (χ4n) is 7.75. The first kappa shape index (κ1) is 68.6. The Labute approximate surface area is 449 Å². The Balaban J connectivity index is 4.47. The number of rotatable bonds is 52. The maximum absolute atomic E-state index is 12.8. The lowest BCUT2D eigenvalue weighted by molar-refractivity contribution is -0.166. The molecule has 0 saturated carbocycles. The summed E-state index contributed by atoms with van der Waals surface area (Å²) in [4.78, 5) is 38.2. The van der Waals surface area contributed by atoms with Crippen molar-refractivity contribution >= 4 is 17.9 Å². The predicted octanol–water partition coefficient (Wildman–Crippen LogP) is 20.2. The monoisotopic (exact) mass is 1010 g/mol. The molecule has 0 aromatic carbocycles. The van der Waals surface area contributed by atoms with Gasteiger partial charge in [0, 0.05) is 19.3 Å². The van der Waals surface area contributed by atoms with Crippen LogP contribution in [0.4, 0.5) is 0 Å². The third kappa shape index (κ3) is 58.3. The normalized spacial score (nSPS) is 13.1. The summed E-state index contributed by atoms with van der Waals surface area (Å²) in [6.07, 6.45) is 84.6. The van der Waals surface area contributed by atoms with Crippen molar-refractivity contribution in [2.24, 2.45) is 0 Å². The van der Waals surface area contributed by atoms with Crippen LogP contribution in [0, 0.1) is 0 Å². The van der Waals surface area contributed by atoms with E-state index in [1.54, 1.807) is 0 Å². The Morgan fingerprint density at radius 3 is 0.904 bits per heavy atom. The zero-order chi connectivity index (χ0) is 52.9. The highest BCUT2D eigenvalue weighted by Gasteiger charge is 2.19. The van der Waals surface area contributed by atoms with E-state index < -0.39 is 12.1 Å². The number of esters is 3. The lowest BCUT2D eigenvalue weighted by Gasteiger charge is -2.18. The summed E-state index contributed by atoms with van der Waals surface area (Å²) < 4.78 is 16.8. The number of hydrogen-bond acceptors (Lipinski definition) is 6. The van der Waals surface area contributed by atoms with E-state index in [2.05, 4.69) is 142 Å². The van der Waals surface area contributed by atoms with Gasteiger partial charge in [-0.15, -0.1) is 0 Å². The van der Waals surface area contributed by atoms with Crippen LogP contribution in [0.25, 0.3) is 0 Å². The SMILES string of the molecule is CC/C=C\C/C=C\C/C=C\C/C=C\C/C=C\C/C=C\CCC(=O)OC(COC(=O)CCCCCCC/C=C\CCCCCC)COC(=O)CCCCCCCCCCCC/C=C\C/C=C\C/C=C\C/C=C\CC. The first-order chi connectivity index (χ1) is 36.0. The van der Waals surface area contributed by atoms with Gasteiger partial charge in [0.25, 0.3) is 0 Å². The minimum absolute atomic E-state index is 0.117. The van der Waals surface area contributed by atoms with Crippen molar-refractivity contribution in [2.45, 2.75) is 258 Å². The molecule has 1 atom stereocenters. The van der Waals surface area contributed by atoms with E-state index in [9.17, 15) is 14.4 Å². The molecule has 0 N–H and O–H groups in total. The van der Waals surface area contributed by atoms with E-state index in [1.165, 1.54) is 89.9 Å². The molecular formula is C67H108O6. The summed E-state index contributed by atoms with van der Waals surface area (Å²) in [5.74, 6) is -1.02. The largest absolute Gasteiger partial charge is 0.462 e. The summed E-state index contributed by atoms with van der Waals surface area (Å²) in [6.45, 7) is 6.32. The molecule has 73 heavy (non-hydrogen) atoms. The molecule has 0 aromatic rings. The van der Waals surface area contributed by atoms with E-state index in [0.29, 0.717) is 19.3 Å². The van der Waals surface area contributed by atoms with Crippen LogP contribution < -0.4 is 0 Å². The van der Waals surface area contributed by atoms with Crippen LogP contribution in [0.15, 0.2) is 134 Å². The molecule has 0 heterocycles. The quantitative estimate of drug-likeness (QED) is 0.0261. The van der Waals surface area contributed by atoms with Gasteiger partial charge in [0.1, 0.15) is 13.2 Å². The fourth-order valence-corrected chi connectivity index (χ4v) is 7.75. The molecule has 0 aromatic heterocycles. The molecule has 0 spiro atoms. The van der Waals surface area contributed by atoms with Crippen molar-refractivity contribution in [3.8, 4) is 0 Å². The first-order valence-electron chi connectivity index (χ1n) is 29.7. The summed E-state index contributed by atoms with van der Waals surface area (Å²) in [5.41, 5.74) is 0. The lowest BCUT2D eigenvalue weighted by atomic mass is 10.1. The molecular weight excluding hydrogens is 901 g/mol. The average molecular weight is 1010 g/mol. The van der Waals surface area contributed by atoms with Gasteiger partial charge in [-0.3, -0.25) is 14.4 Å². The fraction of sp³-hybridized carbons (Fsp3) is 0.627. The minimum atomic E-state index is -0.829. The van der Waals surface area contributed by atoms with Crippen LogP contribution >= 0.6 is 0 Å². The van der Waals surface area contributed by atoms with Gasteiger partial charge in [0.05, 0.1) is 0 Å². The minimum Gasteiger partial charge on any atom is -0.462 e. The molecule has 0 aliphatic rings. The van der Waals surface area contributed by atoms with Crippen LogP contribution in [0.5, 0.6) is 0 Å². The van der Waals surface area contributed by atoms with Crippen molar-refractivity contribution in [3.05, 3.63) is 134 Å². The van der Waals surface area contributed by atoms with Crippen molar-refractivity contribution in [1.82, 2.24) is 0 Å². The standard InChI is InChI=1S/C67H108O6/c1-4-7-10-13-16-19-22-25-27-29-31-32-33-34-36-37-39-42-45-48-51-54-57-60-66(69)72-63-64(62-71-65(68)59-56-53-50-47-44-41-24-21-18-15-12-9-6-3)73-67(70)61-58-55-52-49-46-43-40-38-35-30-28-26-23-20-17-14-11-8-5-2/h7-8,10-11,16-17,19-21,24-28,31-32,35,38,43,46,52,55,64H,4-6,9,12-15,18,22-23,29-30,33-34,36-37,39-42,44-45,47-51,53-54,56-63H2,1-3H3/b10-7-,11-8-,19-16-,20-17-,24-21-,27-25-,28-26-,32-31-,38-35-,46-43-,55-52-. The topological polar surface area (TPSA) is 78.9 Å². The summed E-state index contributed by atoms with van der Waals surface area (Å²) in [5, 5.41) is 0. The van der Waals surface area contributed by atoms with Gasteiger partial charge in [-0.2, -0.15) is 0 Å². The second-order valence-corrected chi connectivity index (χ2v) is 19.1. The zero-order valence-electron chi connectivity index (χ0n) is 47.1. The highest BCUT2D eigenvalue weighted by molar-refractivity contribution is 5.71. The van der Waals surface area contributed by atoms with Gasteiger partial charge < -0.3 is 14.2 Å². The van der Waals surface area contributed by atoms with Crippen molar-refractivity contribution in [2.75, 3.05) is 13.2 Å². The number of unbranched alkanes of at least 4 members (excludes halogenated alkanes) is 19. The van der Waals surface area contributed by atoms with Crippen molar-refractivity contribution in [1.29, 1.82) is 0 Å². The van der Waals surface area contributed by atoms with Gasteiger partial charge in [-0.1, -0.05) is 244 Å². The molecule has 6 nitrogen and oxygen atoms in total. The highest BCUT2D eigenvalue weighted by Crippen LogP contribution is 2.14. The Kier molecular flexibility index (Phi) is 56.4.